The molecule has 90 valence electrons. The van der Waals surface area contributed by atoms with Gasteiger partial charge in [0.2, 0.25) is 5.82 Å². The zero-order chi connectivity index (χ0) is 12.4. The van der Waals surface area contributed by atoms with Crippen molar-refractivity contribution in [3.63, 3.8) is 0 Å². The quantitative estimate of drug-likeness (QED) is 0.828. The Morgan fingerprint density at radius 2 is 2.24 bits per heavy atom. The minimum atomic E-state index is -0.459. The van der Waals surface area contributed by atoms with Gasteiger partial charge in [0.1, 0.15) is 11.9 Å². The SMILES string of the molecule is COC(C)c1noc(-c2cc(N)ccc2F)n1. The Morgan fingerprint density at radius 1 is 1.47 bits per heavy atom. The van der Waals surface area contributed by atoms with Crippen molar-refractivity contribution >= 4 is 5.69 Å². The lowest BCUT2D eigenvalue weighted by Crippen LogP contribution is -1.98. The van der Waals surface area contributed by atoms with Crippen LogP contribution in [0.1, 0.15) is 18.9 Å². The van der Waals surface area contributed by atoms with E-state index >= 15 is 0 Å². The molecule has 0 fully saturated rings. The number of benzene rings is 1. The first-order valence-corrected chi connectivity index (χ1v) is 5.03. The van der Waals surface area contributed by atoms with Crippen molar-refractivity contribution < 1.29 is 13.7 Å². The molecule has 0 aliphatic rings. The summed E-state index contributed by atoms with van der Waals surface area (Å²) in [6.45, 7) is 1.77. The zero-order valence-corrected chi connectivity index (χ0v) is 9.48. The summed E-state index contributed by atoms with van der Waals surface area (Å²) in [6.07, 6.45) is -0.309. The summed E-state index contributed by atoms with van der Waals surface area (Å²) in [5.74, 6) is -0.00232. The van der Waals surface area contributed by atoms with Crippen molar-refractivity contribution in [2.45, 2.75) is 13.0 Å². The van der Waals surface area contributed by atoms with Gasteiger partial charge in [-0.15, -0.1) is 0 Å². The topological polar surface area (TPSA) is 74.2 Å². The highest BCUT2D eigenvalue weighted by Gasteiger charge is 2.16. The molecule has 0 saturated heterocycles. The maximum Gasteiger partial charge on any atom is 0.261 e. The van der Waals surface area contributed by atoms with Gasteiger partial charge in [0.05, 0.1) is 5.56 Å². The van der Waals surface area contributed by atoms with E-state index in [0.29, 0.717) is 11.5 Å². The number of anilines is 1. The molecular weight excluding hydrogens is 225 g/mol. The molecule has 5 nitrogen and oxygen atoms in total. The summed E-state index contributed by atoms with van der Waals surface area (Å²) < 4.78 is 23.5. The molecule has 1 aromatic heterocycles. The van der Waals surface area contributed by atoms with Gasteiger partial charge in [-0.1, -0.05) is 5.16 Å². The van der Waals surface area contributed by atoms with Crippen molar-refractivity contribution in [3.8, 4) is 11.5 Å². The van der Waals surface area contributed by atoms with Gasteiger partial charge < -0.3 is 15.0 Å². The lowest BCUT2D eigenvalue weighted by molar-refractivity contribution is 0.109. The van der Waals surface area contributed by atoms with Gasteiger partial charge >= 0.3 is 0 Å². The van der Waals surface area contributed by atoms with E-state index < -0.39 is 5.82 Å². The molecule has 0 aliphatic carbocycles. The van der Waals surface area contributed by atoms with Crippen LogP contribution >= 0.6 is 0 Å². The average molecular weight is 237 g/mol. The Hall–Kier alpha value is -1.95. The van der Waals surface area contributed by atoms with Crippen LogP contribution in [0.3, 0.4) is 0 Å². The number of aromatic nitrogens is 2. The number of nitrogens with two attached hydrogens (primary N) is 1. The van der Waals surface area contributed by atoms with Gasteiger partial charge in [0.15, 0.2) is 0 Å². The molecule has 1 unspecified atom stereocenters. The van der Waals surface area contributed by atoms with E-state index in [1.165, 1.54) is 25.3 Å². The van der Waals surface area contributed by atoms with Crippen molar-refractivity contribution in [1.29, 1.82) is 0 Å². The van der Waals surface area contributed by atoms with E-state index in [-0.39, 0.29) is 17.6 Å². The molecule has 1 aromatic carbocycles. The Morgan fingerprint density at radius 3 is 2.94 bits per heavy atom. The summed E-state index contributed by atoms with van der Waals surface area (Å²) in [5.41, 5.74) is 6.19. The Labute approximate surface area is 97.4 Å². The molecule has 1 heterocycles. The minimum absolute atomic E-state index is 0.0914. The molecule has 0 bridgehead atoms. The lowest BCUT2D eigenvalue weighted by Gasteiger charge is -2.01. The fourth-order valence-electron chi connectivity index (χ4n) is 1.32. The molecule has 0 spiro atoms. The molecule has 0 saturated carbocycles. The lowest BCUT2D eigenvalue weighted by atomic mass is 10.2. The monoisotopic (exact) mass is 237 g/mol. The normalized spacial score (nSPS) is 12.6. The fourth-order valence-corrected chi connectivity index (χ4v) is 1.32. The smallest absolute Gasteiger partial charge is 0.261 e. The molecule has 6 heteroatoms. The van der Waals surface area contributed by atoms with Crippen LogP contribution in [0.25, 0.3) is 11.5 Å². The summed E-state index contributed by atoms with van der Waals surface area (Å²) in [6, 6.07) is 4.17. The second-order valence-corrected chi connectivity index (χ2v) is 3.57. The second kappa shape index (κ2) is 4.50. The van der Waals surface area contributed by atoms with E-state index in [4.69, 9.17) is 15.0 Å². The number of methoxy groups -OCH3 is 1. The molecule has 2 N–H and O–H groups in total. The van der Waals surface area contributed by atoms with Crippen molar-refractivity contribution in [3.05, 3.63) is 29.8 Å². The number of hydrogen-bond donors (Lipinski definition) is 1. The molecule has 2 aromatic rings. The molecule has 1 atom stereocenters. The molecule has 0 radical (unpaired) electrons. The van der Waals surface area contributed by atoms with E-state index in [2.05, 4.69) is 10.1 Å². The third-order valence-corrected chi connectivity index (χ3v) is 2.38. The second-order valence-electron chi connectivity index (χ2n) is 3.57. The molecular formula is C11H12FN3O2. The predicted molar refractivity (Wildman–Crippen MR) is 59.5 cm³/mol. The largest absolute Gasteiger partial charge is 0.399 e. The highest BCUT2D eigenvalue weighted by atomic mass is 19.1. The maximum atomic E-state index is 13.5. The van der Waals surface area contributed by atoms with Gasteiger partial charge in [0.25, 0.3) is 5.89 Å². The van der Waals surface area contributed by atoms with Crippen LogP contribution in [-0.2, 0) is 4.74 Å². The predicted octanol–water partition coefficient (Wildman–Crippen LogP) is 2.17. The highest BCUT2D eigenvalue weighted by molar-refractivity contribution is 5.60. The third kappa shape index (κ3) is 2.26. The van der Waals surface area contributed by atoms with Gasteiger partial charge in [-0.3, -0.25) is 0 Å². The van der Waals surface area contributed by atoms with Crippen LogP contribution in [0.2, 0.25) is 0 Å². The summed E-state index contributed by atoms with van der Waals surface area (Å²) >= 11 is 0. The highest BCUT2D eigenvalue weighted by Crippen LogP contribution is 2.24. The first-order chi connectivity index (χ1) is 8.11. The average Bonchev–Trinajstić information content (AvgIpc) is 2.80. The number of hydrogen-bond acceptors (Lipinski definition) is 5. The van der Waals surface area contributed by atoms with Crippen molar-refractivity contribution in [2.75, 3.05) is 12.8 Å². The molecule has 0 aliphatic heterocycles. The van der Waals surface area contributed by atoms with E-state index in [0.717, 1.165) is 0 Å². The third-order valence-electron chi connectivity index (χ3n) is 2.38. The van der Waals surface area contributed by atoms with E-state index in [1.807, 2.05) is 0 Å². The van der Waals surface area contributed by atoms with Gasteiger partial charge in [-0.25, -0.2) is 4.39 Å². The first-order valence-electron chi connectivity index (χ1n) is 5.03. The van der Waals surface area contributed by atoms with Crippen LogP contribution in [0.5, 0.6) is 0 Å². The Balaban J connectivity index is 2.40. The van der Waals surface area contributed by atoms with Crippen molar-refractivity contribution in [1.82, 2.24) is 10.1 Å². The summed E-state index contributed by atoms with van der Waals surface area (Å²) in [4.78, 5) is 4.05. The molecule has 0 amide bonds. The molecule has 2 rings (SSSR count). The Kier molecular flexibility index (Phi) is 3.06. The van der Waals surface area contributed by atoms with Gasteiger partial charge in [0, 0.05) is 12.8 Å². The maximum absolute atomic E-state index is 13.5. The minimum Gasteiger partial charge on any atom is -0.399 e. The van der Waals surface area contributed by atoms with Crippen LogP contribution in [0.15, 0.2) is 22.7 Å². The standard InChI is InChI=1S/C11H12FN3O2/c1-6(16-2)10-14-11(17-15-10)8-5-7(13)3-4-9(8)12/h3-6H,13H2,1-2H3. The summed E-state index contributed by atoms with van der Waals surface area (Å²) in [7, 11) is 1.53. The van der Waals surface area contributed by atoms with E-state index in [1.54, 1.807) is 6.92 Å². The number of nitrogen functional groups attached to an aromatic ring is 1. The molecule has 17 heavy (non-hydrogen) atoms. The van der Waals surface area contributed by atoms with Crippen molar-refractivity contribution in [2.24, 2.45) is 0 Å². The van der Waals surface area contributed by atoms with Gasteiger partial charge in [-0.2, -0.15) is 4.98 Å². The number of halogens is 1. The number of nitrogens with zero attached hydrogens (tertiary/aromatic N) is 2. The number of ether oxygens (including phenoxy) is 1. The van der Waals surface area contributed by atoms with Crippen LogP contribution in [0.4, 0.5) is 10.1 Å². The van der Waals surface area contributed by atoms with Crippen LogP contribution in [-0.4, -0.2) is 17.3 Å². The van der Waals surface area contributed by atoms with Crippen LogP contribution in [0, 0.1) is 5.82 Å². The van der Waals surface area contributed by atoms with Crippen LogP contribution < -0.4 is 5.73 Å². The number of rotatable bonds is 3. The first kappa shape index (κ1) is 11.5. The Bertz CT molecular complexity index is 527. The fraction of sp³-hybridized carbons (Fsp3) is 0.273. The van der Waals surface area contributed by atoms with Gasteiger partial charge in [-0.05, 0) is 25.1 Å². The zero-order valence-electron chi connectivity index (χ0n) is 9.48. The summed E-state index contributed by atoms with van der Waals surface area (Å²) in [5, 5.41) is 3.72. The van der Waals surface area contributed by atoms with E-state index in [9.17, 15) is 4.39 Å².